The van der Waals surface area contributed by atoms with E-state index in [1.54, 1.807) is 15.7 Å². The molecule has 0 bridgehead atoms. The monoisotopic (exact) mass is 447 g/mol. The number of Topliss-reactive ketones (excluding diaryl/α,β-unsaturated/α-hetero) is 1. The largest absolute Gasteiger partial charge is 0.378 e. The number of anilines is 1. The molecule has 0 unspecified atom stereocenters. The summed E-state index contributed by atoms with van der Waals surface area (Å²) in [7, 11) is 0. The van der Waals surface area contributed by atoms with Crippen molar-refractivity contribution < 1.29 is 19.1 Å². The van der Waals surface area contributed by atoms with Gasteiger partial charge in [-0.1, -0.05) is 37.3 Å². The Hall–Kier alpha value is -3.45. The molecular formula is C26H29N3O4. The lowest BCUT2D eigenvalue weighted by atomic mass is 10.1. The summed E-state index contributed by atoms with van der Waals surface area (Å²) in [5.74, 6) is -1.19. The first-order valence-corrected chi connectivity index (χ1v) is 11.4. The number of aromatic nitrogens is 1. The third-order valence-corrected chi connectivity index (χ3v) is 6.11. The van der Waals surface area contributed by atoms with Crippen molar-refractivity contribution in [2.45, 2.75) is 26.8 Å². The molecule has 3 aromatic rings. The molecule has 0 saturated carbocycles. The van der Waals surface area contributed by atoms with Crippen molar-refractivity contribution >= 4 is 34.2 Å². The van der Waals surface area contributed by atoms with Gasteiger partial charge in [0.15, 0.2) is 0 Å². The summed E-state index contributed by atoms with van der Waals surface area (Å²) in [6, 6.07) is 15.1. The third kappa shape index (κ3) is 4.68. The summed E-state index contributed by atoms with van der Waals surface area (Å²) in [4.78, 5) is 42.6. The molecule has 4 rings (SSSR count). The van der Waals surface area contributed by atoms with Crippen LogP contribution >= 0.6 is 0 Å². The summed E-state index contributed by atoms with van der Waals surface area (Å²) in [6.45, 7) is 6.59. The summed E-state index contributed by atoms with van der Waals surface area (Å²) >= 11 is 0. The van der Waals surface area contributed by atoms with Crippen LogP contribution in [0.5, 0.6) is 0 Å². The van der Waals surface area contributed by atoms with Crippen molar-refractivity contribution in [3.05, 3.63) is 65.9 Å². The number of amides is 2. The van der Waals surface area contributed by atoms with Crippen molar-refractivity contribution in [3.8, 4) is 0 Å². The fourth-order valence-corrected chi connectivity index (χ4v) is 4.21. The Kier molecular flexibility index (Phi) is 6.89. The van der Waals surface area contributed by atoms with Crippen molar-refractivity contribution in [1.82, 2.24) is 9.47 Å². The standard InChI is InChI=1S/C26H29N3O4/c1-3-19-9-11-20(12-10-19)29(4-2)26(32)25(31)22-17-28(23-8-6-5-7-21(22)23)18-24(30)27-13-15-33-16-14-27/h5-12,17H,3-4,13-16,18H2,1-2H3. The zero-order valence-corrected chi connectivity index (χ0v) is 19.1. The van der Waals surface area contributed by atoms with Gasteiger partial charge in [0.2, 0.25) is 5.91 Å². The van der Waals surface area contributed by atoms with Gasteiger partial charge >= 0.3 is 0 Å². The second-order valence-electron chi connectivity index (χ2n) is 8.08. The number of ketones is 1. The Bertz CT molecular complexity index is 1160. The van der Waals surface area contributed by atoms with E-state index in [0.717, 1.165) is 11.9 Å². The van der Waals surface area contributed by atoms with Gasteiger partial charge in [0.1, 0.15) is 6.54 Å². The highest BCUT2D eigenvalue weighted by Crippen LogP contribution is 2.24. The van der Waals surface area contributed by atoms with Gasteiger partial charge < -0.3 is 19.1 Å². The van der Waals surface area contributed by atoms with Gasteiger partial charge in [-0.3, -0.25) is 14.4 Å². The van der Waals surface area contributed by atoms with Crippen molar-refractivity contribution in [2.24, 2.45) is 0 Å². The molecule has 0 spiro atoms. The highest BCUT2D eigenvalue weighted by Gasteiger charge is 2.27. The van der Waals surface area contributed by atoms with E-state index in [2.05, 4.69) is 6.92 Å². The van der Waals surface area contributed by atoms with Gasteiger partial charge in [-0.05, 0) is 37.1 Å². The van der Waals surface area contributed by atoms with E-state index in [4.69, 9.17) is 4.74 Å². The number of morpholine rings is 1. The molecule has 7 nitrogen and oxygen atoms in total. The number of carbonyl (C=O) groups is 3. The van der Waals surface area contributed by atoms with Crippen LogP contribution in [-0.2, 0) is 27.3 Å². The predicted molar refractivity (Wildman–Crippen MR) is 128 cm³/mol. The van der Waals surface area contributed by atoms with Crippen molar-refractivity contribution in [1.29, 1.82) is 0 Å². The molecule has 1 aliphatic rings. The van der Waals surface area contributed by atoms with Gasteiger partial charge in [0.05, 0.1) is 18.8 Å². The number of fused-ring (bicyclic) bond motifs is 1. The Labute approximate surface area is 193 Å². The average Bonchev–Trinajstić information content (AvgIpc) is 3.23. The molecule has 0 atom stereocenters. The van der Waals surface area contributed by atoms with Crippen LogP contribution in [0, 0.1) is 0 Å². The number of hydrogen-bond donors (Lipinski definition) is 0. The number of para-hydroxylation sites is 1. The van der Waals surface area contributed by atoms with E-state index < -0.39 is 11.7 Å². The Balaban J connectivity index is 1.62. The van der Waals surface area contributed by atoms with Crippen LogP contribution in [0.15, 0.2) is 54.7 Å². The first-order valence-electron chi connectivity index (χ1n) is 11.4. The molecule has 33 heavy (non-hydrogen) atoms. The van der Waals surface area contributed by atoms with E-state index in [0.29, 0.717) is 49.5 Å². The normalized spacial score (nSPS) is 13.8. The molecule has 0 N–H and O–H groups in total. The number of hydrogen-bond acceptors (Lipinski definition) is 4. The Morgan fingerprint density at radius 1 is 0.970 bits per heavy atom. The second-order valence-corrected chi connectivity index (χ2v) is 8.08. The lowest BCUT2D eigenvalue weighted by Gasteiger charge is -2.27. The lowest BCUT2D eigenvalue weighted by Crippen LogP contribution is -2.42. The Morgan fingerprint density at radius 2 is 1.67 bits per heavy atom. The summed E-state index contributed by atoms with van der Waals surface area (Å²) in [5.41, 5.74) is 2.93. The fourth-order valence-electron chi connectivity index (χ4n) is 4.21. The molecule has 172 valence electrons. The van der Waals surface area contributed by atoms with Gasteiger partial charge in [-0.2, -0.15) is 0 Å². The highest BCUT2D eigenvalue weighted by atomic mass is 16.5. The van der Waals surface area contributed by atoms with Gasteiger partial charge in [0.25, 0.3) is 11.7 Å². The molecule has 1 aliphatic heterocycles. The van der Waals surface area contributed by atoms with Crippen LogP contribution in [0.2, 0.25) is 0 Å². The minimum absolute atomic E-state index is 0.0319. The number of likely N-dealkylation sites (N-methyl/N-ethyl adjacent to an activating group) is 1. The number of carbonyl (C=O) groups excluding carboxylic acids is 3. The van der Waals surface area contributed by atoms with Crippen LogP contribution < -0.4 is 4.90 Å². The molecule has 0 radical (unpaired) electrons. The number of rotatable bonds is 7. The number of nitrogens with zero attached hydrogens (tertiary/aromatic N) is 3. The third-order valence-electron chi connectivity index (χ3n) is 6.11. The summed E-state index contributed by atoms with van der Waals surface area (Å²) < 4.78 is 7.09. The quantitative estimate of drug-likeness (QED) is 0.412. The number of benzene rings is 2. The summed E-state index contributed by atoms with van der Waals surface area (Å²) in [6.07, 6.45) is 2.54. The van der Waals surface area contributed by atoms with E-state index in [1.165, 1.54) is 10.5 Å². The average molecular weight is 448 g/mol. The maximum absolute atomic E-state index is 13.3. The second kappa shape index (κ2) is 10.0. The molecule has 1 fully saturated rings. The maximum atomic E-state index is 13.3. The van der Waals surface area contributed by atoms with Crippen molar-refractivity contribution in [2.75, 3.05) is 37.7 Å². The van der Waals surface area contributed by atoms with Gasteiger partial charge in [0, 0.05) is 42.4 Å². The topological polar surface area (TPSA) is 71.9 Å². The zero-order valence-electron chi connectivity index (χ0n) is 19.1. The van der Waals surface area contributed by atoms with E-state index in [9.17, 15) is 14.4 Å². The zero-order chi connectivity index (χ0) is 23.4. The Morgan fingerprint density at radius 3 is 2.33 bits per heavy atom. The van der Waals surface area contributed by atoms with E-state index in [-0.39, 0.29) is 12.5 Å². The van der Waals surface area contributed by atoms with E-state index >= 15 is 0 Å². The maximum Gasteiger partial charge on any atom is 0.299 e. The number of ether oxygens (including phenoxy) is 1. The molecule has 2 heterocycles. The predicted octanol–water partition coefficient (Wildman–Crippen LogP) is 3.30. The van der Waals surface area contributed by atoms with Crippen LogP contribution in [0.3, 0.4) is 0 Å². The first-order chi connectivity index (χ1) is 16.0. The highest BCUT2D eigenvalue weighted by molar-refractivity contribution is 6.48. The van der Waals surface area contributed by atoms with E-state index in [1.807, 2.05) is 55.5 Å². The molecule has 1 saturated heterocycles. The lowest BCUT2D eigenvalue weighted by molar-refractivity contribution is -0.135. The fraction of sp³-hybridized carbons (Fsp3) is 0.346. The molecule has 2 amide bonds. The summed E-state index contributed by atoms with van der Waals surface area (Å²) in [5, 5.41) is 0.669. The molecule has 0 aliphatic carbocycles. The van der Waals surface area contributed by atoms with Crippen LogP contribution in [0.1, 0.15) is 29.8 Å². The minimum Gasteiger partial charge on any atom is -0.378 e. The minimum atomic E-state index is -0.579. The number of aryl methyl sites for hydroxylation is 1. The van der Waals surface area contributed by atoms with Crippen LogP contribution in [0.4, 0.5) is 5.69 Å². The first kappa shape index (κ1) is 22.7. The molecular weight excluding hydrogens is 418 g/mol. The van der Waals surface area contributed by atoms with Crippen LogP contribution in [0.25, 0.3) is 10.9 Å². The molecule has 1 aromatic heterocycles. The molecule has 7 heteroatoms. The van der Waals surface area contributed by atoms with Crippen LogP contribution in [-0.4, -0.2) is 59.9 Å². The van der Waals surface area contributed by atoms with Gasteiger partial charge in [-0.15, -0.1) is 0 Å². The SMILES string of the molecule is CCc1ccc(N(CC)C(=O)C(=O)c2cn(CC(=O)N3CCOCC3)c3ccccc23)cc1. The van der Waals surface area contributed by atoms with Gasteiger partial charge in [-0.25, -0.2) is 0 Å². The van der Waals surface area contributed by atoms with Crippen molar-refractivity contribution in [3.63, 3.8) is 0 Å². The molecule has 2 aromatic carbocycles. The smallest absolute Gasteiger partial charge is 0.299 e.